The molecule has 0 radical (unpaired) electrons. The van der Waals surface area contributed by atoms with Crippen molar-refractivity contribution in [1.82, 2.24) is 14.8 Å². The molecule has 5 rings (SSSR count). The summed E-state index contributed by atoms with van der Waals surface area (Å²) in [5.74, 6) is 0.595. The van der Waals surface area contributed by atoms with Crippen LogP contribution < -0.4 is 14.8 Å². The van der Waals surface area contributed by atoms with E-state index in [1.165, 1.54) is 28.3 Å². The zero-order chi connectivity index (χ0) is 20.7. The Kier molecular flexibility index (Phi) is 4.44. The number of carbonyl (C=O) groups excluding carboxylic acids is 1. The molecule has 2 aromatic heterocycles. The number of nitrogens with one attached hydrogen (secondary N) is 1. The summed E-state index contributed by atoms with van der Waals surface area (Å²) in [6, 6.07) is 11.8. The van der Waals surface area contributed by atoms with Crippen LogP contribution in [0.2, 0.25) is 0 Å². The van der Waals surface area contributed by atoms with Gasteiger partial charge >= 0.3 is 0 Å². The molecule has 0 atom stereocenters. The van der Waals surface area contributed by atoms with Gasteiger partial charge in [-0.25, -0.2) is 14.1 Å². The molecule has 150 valence electrons. The van der Waals surface area contributed by atoms with E-state index in [-0.39, 0.29) is 18.4 Å². The number of para-hydroxylation sites is 1. The minimum absolute atomic E-state index is 0.205. The third kappa shape index (κ3) is 3.18. The summed E-state index contributed by atoms with van der Waals surface area (Å²) in [5.41, 5.74) is 2.74. The highest BCUT2D eigenvalue weighted by Crippen LogP contribution is 2.36. The Hall–Kier alpha value is -3.72. The van der Waals surface area contributed by atoms with Crippen molar-refractivity contribution in [2.45, 2.75) is 6.92 Å². The van der Waals surface area contributed by atoms with E-state index in [1.54, 1.807) is 25.1 Å². The highest BCUT2D eigenvalue weighted by molar-refractivity contribution is 7.14. The predicted octanol–water partition coefficient (Wildman–Crippen LogP) is 4.42. The molecule has 0 saturated carbocycles. The van der Waals surface area contributed by atoms with Crippen molar-refractivity contribution in [2.24, 2.45) is 0 Å². The van der Waals surface area contributed by atoms with E-state index < -0.39 is 5.82 Å². The number of halogens is 1. The van der Waals surface area contributed by atoms with Crippen LogP contribution in [0.3, 0.4) is 0 Å². The molecule has 4 aromatic rings. The van der Waals surface area contributed by atoms with Gasteiger partial charge in [0.2, 0.25) is 6.79 Å². The summed E-state index contributed by atoms with van der Waals surface area (Å²) in [6.45, 7) is 1.92. The van der Waals surface area contributed by atoms with Gasteiger partial charge in [-0.05, 0) is 37.3 Å². The molecular weight excluding hydrogens is 407 g/mol. The van der Waals surface area contributed by atoms with Crippen LogP contribution in [0.25, 0.3) is 16.9 Å². The number of amides is 1. The lowest BCUT2D eigenvalue weighted by atomic mass is 10.1. The predicted molar refractivity (Wildman–Crippen MR) is 110 cm³/mol. The maximum atomic E-state index is 14.1. The molecule has 1 N–H and O–H groups in total. The number of anilines is 1. The first-order valence-electron chi connectivity index (χ1n) is 9.06. The van der Waals surface area contributed by atoms with Gasteiger partial charge in [0.15, 0.2) is 16.6 Å². The van der Waals surface area contributed by atoms with Gasteiger partial charge in [0.1, 0.15) is 11.5 Å². The van der Waals surface area contributed by atoms with Crippen LogP contribution in [0, 0.1) is 12.7 Å². The minimum atomic E-state index is -0.413. The van der Waals surface area contributed by atoms with E-state index in [0.717, 1.165) is 5.56 Å². The molecule has 0 unspecified atom stereocenters. The number of rotatable bonds is 4. The molecule has 0 spiro atoms. The molecule has 30 heavy (non-hydrogen) atoms. The van der Waals surface area contributed by atoms with E-state index in [2.05, 4.69) is 15.4 Å². The standard InChI is InChI=1S/C21H15FN4O3S/c1-12-14(9-23-26(12)17-5-3-2-4-15(17)22)20(27)25-21-24-16(10-30-21)13-6-7-18-19(8-13)29-11-28-18/h2-10H,11H2,1H3,(H,24,25,27). The van der Waals surface area contributed by atoms with Crippen molar-refractivity contribution in [1.29, 1.82) is 0 Å². The van der Waals surface area contributed by atoms with Crippen molar-refractivity contribution >= 4 is 22.4 Å². The normalized spacial score (nSPS) is 12.2. The second-order valence-electron chi connectivity index (χ2n) is 6.57. The number of thiazole rings is 1. The summed E-state index contributed by atoms with van der Waals surface area (Å²) in [6.07, 6.45) is 1.42. The summed E-state index contributed by atoms with van der Waals surface area (Å²) in [5, 5.41) is 9.25. The van der Waals surface area contributed by atoms with Crippen LogP contribution in [0.15, 0.2) is 54.0 Å². The van der Waals surface area contributed by atoms with Crippen LogP contribution in [0.5, 0.6) is 11.5 Å². The maximum Gasteiger partial charge on any atom is 0.260 e. The topological polar surface area (TPSA) is 78.3 Å². The highest BCUT2D eigenvalue weighted by Gasteiger charge is 2.19. The molecular formula is C21H15FN4O3S. The Morgan fingerprint density at radius 1 is 1.20 bits per heavy atom. The number of nitrogens with zero attached hydrogens (tertiary/aromatic N) is 3. The van der Waals surface area contributed by atoms with Gasteiger partial charge in [0.25, 0.3) is 5.91 Å². The van der Waals surface area contributed by atoms with Crippen molar-refractivity contribution < 1.29 is 18.7 Å². The first-order chi connectivity index (χ1) is 14.6. The smallest absolute Gasteiger partial charge is 0.260 e. The van der Waals surface area contributed by atoms with Gasteiger partial charge in [0, 0.05) is 10.9 Å². The van der Waals surface area contributed by atoms with Crippen molar-refractivity contribution in [3.8, 4) is 28.4 Å². The van der Waals surface area contributed by atoms with Gasteiger partial charge in [-0.2, -0.15) is 5.10 Å². The lowest BCUT2D eigenvalue weighted by Gasteiger charge is -2.06. The number of hydrogen-bond acceptors (Lipinski definition) is 6. The average molecular weight is 422 g/mol. The number of benzene rings is 2. The molecule has 1 aliphatic rings. The van der Waals surface area contributed by atoms with Crippen LogP contribution in [0.4, 0.5) is 9.52 Å². The zero-order valence-electron chi connectivity index (χ0n) is 15.8. The van der Waals surface area contributed by atoms with Gasteiger partial charge in [-0.1, -0.05) is 12.1 Å². The Balaban J connectivity index is 1.36. The molecule has 2 aromatic carbocycles. The molecule has 0 fully saturated rings. The molecule has 3 heterocycles. The van der Waals surface area contributed by atoms with Gasteiger partial charge in [-0.15, -0.1) is 11.3 Å². The fraction of sp³-hybridized carbons (Fsp3) is 0.0952. The number of hydrogen-bond donors (Lipinski definition) is 1. The second kappa shape index (κ2) is 7.27. The molecule has 9 heteroatoms. The molecule has 1 amide bonds. The highest BCUT2D eigenvalue weighted by atomic mass is 32.1. The first kappa shape index (κ1) is 18.3. The fourth-order valence-electron chi connectivity index (χ4n) is 3.18. The summed E-state index contributed by atoms with van der Waals surface area (Å²) in [7, 11) is 0. The van der Waals surface area contributed by atoms with Crippen LogP contribution >= 0.6 is 11.3 Å². The first-order valence-corrected chi connectivity index (χ1v) is 9.94. The van der Waals surface area contributed by atoms with Crippen LogP contribution in [-0.2, 0) is 0 Å². The minimum Gasteiger partial charge on any atom is -0.454 e. The van der Waals surface area contributed by atoms with Gasteiger partial charge < -0.3 is 9.47 Å². The van der Waals surface area contributed by atoms with E-state index in [4.69, 9.17) is 9.47 Å². The molecule has 0 aliphatic carbocycles. The van der Waals surface area contributed by atoms with Crippen LogP contribution in [0.1, 0.15) is 16.1 Å². The number of aromatic nitrogens is 3. The lowest BCUT2D eigenvalue weighted by molar-refractivity contribution is 0.102. The second-order valence-corrected chi connectivity index (χ2v) is 7.43. The number of carbonyl (C=O) groups is 1. The van der Waals surface area contributed by atoms with E-state index >= 15 is 0 Å². The molecule has 7 nitrogen and oxygen atoms in total. The van der Waals surface area contributed by atoms with Crippen molar-refractivity contribution in [3.05, 3.63) is 71.1 Å². The largest absolute Gasteiger partial charge is 0.454 e. The monoisotopic (exact) mass is 422 g/mol. The summed E-state index contributed by atoms with van der Waals surface area (Å²) in [4.78, 5) is 17.2. The van der Waals surface area contributed by atoms with E-state index in [0.29, 0.717) is 33.6 Å². The van der Waals surface area contributed by atoms with E-state index in [1.807, 2.05) is 23.6 Å². The Labute approximate surface area is 174 Å². The third-order valence-electron chi connectivity index (χ3n) is 4.73. The number of ether oxygens (including phenoxy) is 2. The lowest BCUT2D eigenvalue weighted by Crippen LogP contribution is -2.13. The third-order valence-corrected chi connectivity index (χ3v) is 5.49. The van der Waals surface area contributed by atoms with Crippen LogP contribution in [-0.4, -0.2) is 27.5 Å². The Bertz CT molecular complexity index is 1270. The summed E-state index contributed by atoms with van der Waals surface area (Å²) < 4.78 is 26.2. The van der Waals surface area contributed by atoms with Crippen molar-refractivity contribution in [3.63, 3.8) is 0 Å². The number of fused-ring (bicyclic) bond motifs is 1. The molecule has 0 saturated heterocycles. The fourth-order valence-corrected chi connectivity index (χ4v) is 3.90. The Morgan fingerprint density at radius 2 is 2.03 bits per heavy atom. The zero-order valence-corrected chi connectivity index (χ0v) is 16.6. The molecule has 1 aliphatic heterocycles. The van der Waals surface area contributed by atoms with Gasteiger partial charge in [-0.3, -0.25) is 10.1 Å². The average Bonchev–Trinajstić information content (AvgIpc) is 3.47. The van der Waals surface area contributed by atoms with Gasteiger partial charge in [0.05, 0.1) is 23.1 Å². The van der Waals surface area contributed by atoms with E-state index in [9.17, 15) is 9.18 Å². The quantitative estimate of drug-likeness (QED) is 0.527. The maximum absolute atomic E-state index is 14.1. The summed E-state index contributed by atoms with van der Waals surface area (Å²) >= 11 is 1.31. The SMILES string of the molecule is Cc1c(C(=O)Nc2nc(-c3ccc4c(c3)OCO4)cs2)cnn1-c1ccccc1F. The molecule has 0 bridgehead atoms. The van der Waals surface area contributed by atoms with Crippen molar-refractivity contribution in [2.75, 3.05) is 12.1 Å². The Morgan fingerprint density at radius 3 is 2.90 bits per heavy atom.